The molecule has 27 heavy (non-hydrogen) atoms. The number of hydrogen-bond donors (Lipinski definition) is 3. The highest BCUT2D eigenvalue weighted by Gasteiger charge is 2.39. The summed E-state index contributed by atoms with van der Waals surface area (Å²) in [6.07, 6.45) is 5.66. The fourth-order valence-electron chi connectivity index (χ4n) is 4.05. The number of fused-ring (bicyclic) bond motifs is 3. The van der Waals surface area contributed by atoms with Crippen molar-refractivity contribution in [3.05, 3.63) is 40.8 Å². The van der Waals surface area contributed by atoms with Gasteiger partial charge in [0.25, 0.3) is 5.56 Å². The topological polar surface area (TPSA) is 98.1 Å². The molecule has 2 fully saturated rings. The second kappa shape index (κ2) is 6.19. The van der Waals surface area contributed by atoms with Crippen molar-refractivity contribution in [3.8, 4) is 0 Å². The summed E-state index contributed by atoms with van der Waals surface area (Å²) in [6, 6.07) is 7.13. The summed E-state index contributed by atoms with van der Waals surface area (Å²) in [4.78, 5) is 18.1. The maximum Gasteiger partial charge on any atom is 0.272 e. The van der Waals surface area contributed by atoms with Gasteiger partial charge in [-0.15, -0.1) is 0 Å². The Morgan fingerprint density at radius 3 is 2.70 bits per heavy atom. The molecule has 2 aliphatic rings. The Morgan fingerprint density at radius 1 is 1.11 bits per heavy atom. The van der Waals surface area contributed by atoms with Gasteiger partial charge in [0.2, 0.25) is 10.0 Å². The third-order valence-electron chi connectivity index (χ3n) is 5.63. The maximum absolute atomic E-state index is 13.4. The molecule has 1 saturated carbocycles. The Hall–Kier alpha value is -2.16. The van der Waals surface area contributed by atoms with Gasteiger partial charge in [-0.05, 0) is 56.5 Å². The molecule has 1 aliphatic carbocycles. The Bertz CT molecular complexity index is 1170. The standard InChI is InChI=1S/C19H22N4O3S/c24-19-18-15(7-9-21-18)16-10-14(5-6-17(16)22-19)27(25,26)23(13-3-4-13)11-12-2-1-8-20-12/h5-7,9-10,12-13,20-21H,1-4,8,11H2,(H,22,24)/t12-/m1/s1. The van der Waals surface area contributed by atoms with E-state index >= 15 is 0 Å². The average molecular weight is 386 g/mol. The fraction of sp³-hybridized carbons (Fsp3) is 0.421. The Morgan fingerprint density at radius 2 is 1.96 bits per heavy atom. The first-order chi connectivity index (χ1) is 13.0. The summed E-state index contributed by atoms with van der Waals surface area (Å²) < 4.78 is 28.5. The van der Waals surface area contributed by atoms with Crippen LogP contribution in [0.25, 0.3) is 21.8 Å². The van der Waals surface area contributed by atoms with Crippen LogP contribution >= 0.6 is 0 Å². The van der Waals surface area contributed by atoms with Gasteiger partial charge in [0.05, 0.1) is 4.90 Å². The smallest absolute Gasteiger partial charge is 0.272 e. The molecule has 1 saturated heterocycles. The second-order valence-corrected chi connectivity index (χ2v) is 9.42. The van der Waals surface area contributed by atoms with Crippen LogP contribution in [-0.4, -0.2) is 47.9 Å². The highest BCUT2D eigenvalue weighted by atomic mass is 32.2. The molecule has 0 amide bonds. The third-order valence-corrected chi connectivity index (χ3v) is 7.54. The van der Waals surface area contributed by atoms with Crippen LogP contribution in [0.1, 0.15) is 25.7 Å². The van der Waals surface area contributed by atoms with Crippen molar-refractivity contribution in [1.82, 2.24) is 19.6 Å². The van der Waals surface area contributed by atoms with Crippen LogP contribution in [0.5, 0.6) is 0 Å². The molecule has 3 heterocycles. The lowest BCUT2D eigenvalue weighted by atomic mass is 10.1. The van der Waals surface area contributed by atoms with Gasteiger partial charge in [0.15, 0.2) is 0 Å². The van der Waals surface area contributed by atoms with E-state index in [9.17, 15) is 13.2 Å². The van der Waals surface area contributed by atoms with Gasteiger partial charge in [0.1, 0.15) is 5.52 Å². The molecule has 7 nitrogen and oxygen atoms in total. The molecule has 3 aromatic rings. The predicted molar refractivity (Wildman–Crippen MR) is 104 cm³/mol. The summed E-state index contributed by atoms with van der Waals surface area (Å²) in [7, 11) is -3.59. The van der Waals surface area contributed by atoms with Crippen LogP contribution in [0.15, 0.2) is 40.2 Å². The first kappa shape index (κ1) is 17.0. The molecule has 5 rings (SSSR count). The van der Waals surface area contributed by atoms with Gasteiger partial charge < -0.3 is 15.3 Å². The van der Waals surface area contributed by atoms with E-state index in [0.717, 1.165) is 43.0 Å². The summed E-state index contributed by atoms with van der Waals surface area (Å²) in [5, 5.41) is 4.87. The van der Waals surface area contributed by atoms with Crippen LogP contribution in [0.4, 0.5) is 0 Å². The molecular weight excluding hydrogens is 364 g/mol. The van der Waals surface area contributed by atoms with Crippen LogP contribution < -0.4 is 10.9 Å². The zero-order valence-electron chi connectivity index (χ0n) is 14.9. The van der Waals surface area contributed by atoms with Gasteiger partial charge in [-0.1, -0.05) is 0 Å². The summed E-state index contributed by atoms with van der Waals surface area (Å²) in [5.74, 6) is 0. The van der Waals surface area contributed by atoms with E-state index in [1.807, 2.05) is 6.07 Å². The van der Waals surface area contributed by atoms with Gasteiger partial charge in [-0.3, -0.25) is 4.79 Å². The van der Waals surface area contributed by atoms with Crippen molar-refractivity contribution in [2.75, 3.05) is 13.1 Å². The van der Waals surface area contributed by atoms with E-state index in [4.69, 9.17) is 0 Å². The monoisotopic (exact) mass is 386 g/mol. The Kier molecular flexibility index (Phi) is 3.89. The third kappa shape index (κ3) is 2.88. The van der Waals surface area contributed by atoms with Crippen molar-refractivity contribution in [3.63, 3.8) is 0 Å². The van der Waals surface area contributed by atoms with Crippen molar-refractivity contribution < 1.29 is 8.42 Å². The molecule has 0 spiro atoms. The lowest BCUT2D eigenvalue weighted by molar-refractivity contribution is 0.363. The highest BCUT2D eigenvalue weighted by molar-refractivity contribution is 7.89. The number of aromatic nitrogens is 2. The largest absolute Gasteiger partial charge is 0.357 e. The highest BCUT2D eigenvalue weighted by Crippen LogP contribution is 2.34. The molecule has 1 aromatic carbocycles. The van der Waals surface area contributed by atoms with Crippen LogP contribution in [0.2, 0.25) is 0 Å². The number of nitrogens with one attached hydrogen (secondary N) is 3. The lowest BCUT2D eigenvalue weighted by Crippen LogP contribution is -2.42. The first-order valence-electron chi connectivity index (χ1n) is 9.42. The zero-order valence-corrected chi connectivity index (χ0v) is 15.7. The fourth-order valence-corrected chi connectivity index (χ4v) is 5.81. The first-order valence-corrected chi connectivity index (χ1v) is 10.9. The maximum atomic E-state index is 13.4. The van der Waals surface area contributed by atoms with E-state index in [0.29, 0.717) is 17.6 Å². The average Bonchev–Trinajstić information content (AvgIpc) is 3.14. The minimum Gasteiger partial charge on any atom is -0.357 e. The van der Waals surface area contributed by atoms with Gasteiger partial charge in [0, 0.05) is 41.1 Å². The van der Waals surface area contributed by atoms with E-state index in [1.54, 1.807) is 28.7 Å². The predicted octanol–water partition coefficient (Wildman–Crippen LogP) is 1.91. The second-order valence-electron chi connectivity index (χ2n) is 7.53. The zero-order chi connectivity index (χ0) is 18.6. The lowest BCUT2D eigenvalue weighted by Gasteiger charge is -2.25. The SMILES string of the molecule is O=c1[nH]c2ccc(S(=O)(=O)N(C[C@H]3CCCN3)C3CC3)cc2c2cc[nH]c12. The minimum atomic E-state index is -3.59. The van der Waals surface area contributed by atoms with Crippen molar-refractivity contribution >= 4 is 31.8 Å². The molecule has 3 N–H and O–H groups in total. The summed E-state index contributed by atoms with van der Waals surface area (Å²) in [6.45, 7) is 1.48. The molecule has 2 aromatic heterocycles. The van der Waals surface area contributed by atoms with Crippen LogP contribution in [-0.2, 0) is 10.0 Å². The van der Waals surface area contributed by atoms with E-state index in [2.05, 4.69) is 15.3 Å². The van der Waals surface area contributed by atoms with Gasteiger partial charge in [-0.25, -0.2) is 8.42 Å². The Balaban J connectivity index is 1.60. The summed E-state index contributed by atoms with van der Waals surface area (Å²) in [5.41, 5.74) is 0.901. The minimum absolute atomic E-state index is 0.107. The number of aromatic amines is 2. The van der Waals surface area contributed by atoms with Crippen molar-refractivity contribution in [2.45, 2.75) is 42.7 Å². The number of rotatable bonds is 5. The van der Waals surface area contributed by atoms with Crippen molar-refractivity contribution in [2.24, 2.45) is 0 Å². The molecule has 0 bridgehead atoms. The number of benzene rings is 1. The van der Waals surface area contributed by atoms with Gasteiger partial charge >= 0.3 is 0 Å². The van der Waals surface area contributed by atoms with Crippen LogP contribution in [0, 0.1) is 0 Å². The Labute approximate surface area is 156 Å². The molecular formula is C19H22N4O3S. The normalized spacial score (nSPS) is 20.9. The number of nitrogens with zero attached hydrogens (tertiary/aromatic N) is 1. The number of sulfonamides is 1. The number of H-pyrrole nitrogens is 2. The molecule has 8 heteroatoms. The quantitative estimate of drug-likeness (QED) is 0.624. The number of hydrogen-bond acceptors (Lipinski definition) is 4. The molecule has 0 unspecified atom stereocenters. The molecule has 0 radical (unpaired) electrons. The molecule has 1 atom stereocenters. The van der Waals surface area contributed by atoms with E-state index in [1.165, 1.54) is 0 Å². The van der Waals surface area contributed by atoms with Gasteiger partial charge in [-0.2, -0.15) is 4.31 Å². The summed E-state index contributed by atoms with van der Waals surface area (Å²) >= 11 is 0. The van der Waals surface area contributed by atoms with E-state index < -0.39 is 10.0 Å². The van der Waals surface area contributed by atoms with Crippen molar-refractivity contribution in [1.29, 1.82) is 0 Å². The van der Waals surface area contributed by atoms with Crippen LogP contribution in [0.3, 0.4) is 0 Å². The molecule has 142 valence electrons. The molecule has 1 aliphatic heterocycles. The van der Waals surface area contributed by atoms with E-state index in [-0.39, 0.29) is 22.5 Å². The number of pyridine rings is 1.